The smallest absolute Gasteiger partial charge is 0.0862 e. The molecule has 0 spiro atoms. The fraction of sp³-hybridized carbons (Fsp3) is 0.800. The maximum atomic E-state index is 10.6. The highest BCUT2D eigenvalue weighted by atomic mass is 79.9. The van der Waals surface area contributed by atoms with Crippen LogP contribution in [0.1, 0.15) is 43.5 Å². The molecular weight excluding hydrogens is 320 g/mol. The second-order valence-corrected chi connectivity index (χ2v) is 6.63. The van der Waals surface area contributed by atoms with Gasteiger partial charge in [0.25, 0.3) is 0 Å². The standard InChI is InChI=1S/C15H25BrN2O2/c1-10-14(16)12(18(2)17-10)9-13(19)15(20-3)11-7-5-4-6-8-11/h11,13,15,19H,4-9H2,1-3H3. The van der Waals surface area contributed by atoms with Crippen molar-refractivity contribution in [1.82, 2.24) is 9.78 Å². The van der Waals surface area contributed by atoms with Crippen LogP contribution in [0.25, 0.3) is 0 Å². The lowest BCUT2D eigenvalue weighted by atomic mass is 9.82. The lowest BCUT2D eigenvalue weighted by molar-refractivity contribution is -0.0542. The highest BCUT2D eigenvalue weighted by molar-refractivity contribution is 9.10. The van der Waals surface area contributed by atoms with E-state index in [-0.39, 0.29) is 6.10 Å². The molecule has 1 fully saturated rings. The maximum absolute atomic E-state index is 10.6. The van der Waals surface area contributed by atoms with Crippen LogP contribution in [0.5, 0.6) is 0 Å². The van der Waals surface area contributed by atoms with Gasteiger partial charge in [0.1, 0.15) is 0 Å². The zero-order valence-electron chi connectivity index (χ0n) is 12.6. The molecule has 1 aromatic rings. The summed E-state index contributed by atoms with van der Waals surface area (Å²) in [6.45, 7) is 1.97. The third-order valence-electron chi connectivity index (χ3n) is 4.43. The number of hydrogen-bond donors (Lipinski definition) is 1. The first-order valence-corrected chi connectivity index (χ1v) is 8.22. The minimum absolute atomic E-state index is 0.0718. The van der Waals surface area contributed by atoms with Crippen molar-refractivity contribution in [2.24, 2.45) is 13.0 Å². The molecule has 4 nitrogen and oxygen atoms in total. The van der Waals surface area contributed by atoms with Crippen LogP contribution in [0.2, 0.25) is 0 Å². The highest BCUT2D eigenvalue weighted by Gasteiger charge is 2.30. The molecule has 0 radical (unpaired) electrons. The van der Waals surface area contributed by atoms with Gasteiger partial charge in [-0.2, -0.15) is 5.10 Å². The largest absolute Gasteiger partial charge is 0.390 e. The van der Waals surface area contributed by atoms with Gasteiger partial charge in [-0.15, -0.1) is 0 Å². The monoisotopic (exact) mass is 344 g/mol. The van der Waals surface area contributed by atoms with E-state index < -0.39 is 6.10 Å². The topological polar surface area (TPSA) is 47.3 Å². The van der Waals surface area contributed by atoms with Gasteiger partial charge in [0.05, 0.1) is 28.1 Å². The zero-order valence-corrected chi connectivity index (χ0v) is 14.2. The van der Waals surface area contributed by atoms with Crippen molar-refractivity contribution in [2.75, 3.05) is 7.11 Å². The molecule has 1 saturated carbocycles. The number of aromatic nitrogens is 2. The van der Waals surface area contributed by atoms with Gasteiger partial charge in [-0.1, -0.05) is 19.3 Å². The fourth-order valence-corrected chi connectivity index (χ4v) is 3.84. The van der Waals surface area contributed by atoms with Crippen LogP contribution in [0.15, 0.2) is 4.47 Å². The molecule has 1 heterocycles. The summed E-state index contributed by atoms with van der Waals surface area (Å²) in [5.41, 5.74) is 1.99. The molecule has 0 bridgehead atoms. The minimum atomic E-state index is -0.478. The second-order valence-electron chi connectivity index (χ2n) is 5.84. The van der Waals surface area contributed by atoms with Crippen LogP contribution >= 0.6 is 15.9 Å². The Hall–Kier alpha value is -0.390. The number of hydrogen-bond acceptors (Lipinski definition) is 3. The number of rotatable bonds is 5. The Morgan fingerprint density at radius 1 is 1.40 bits per heavy atom. The molecule has 0 saturated heterocycles. The van der Waals surface area contributed by atoms with Crippen LogP contribution in [0.3, 0.4) is 0 Å². The molecule has 0 aromatic carbocycles. The molecule has 5 heteroatoms. The maximum Gasteiger partial charge on any atom is 0.0862 e. The summed E-state index contributed by atoms with van der Waals surface area (Å²) < 4.78 is 8.46. The molecule has 20 heavy (non-hydrogen) atoms. The van der Waals surface area contributed by atoms with Gasteiger partial charge < -0.3 is 9.84 Å². The van der Waals surface area contributed by atoms with Crippen LogP contribution in [-0.4, -0.2) is 34.2 Å². The fourth-order valence-electron chi connectivity index (χ4n) is 3.34. The molecule has 1 aliphatic rings. The summed E-state index contributed by atoms with van der Waals surface area (Å²) in [4.78, 5) is 0. The van der Waals surface area contributed by atoms with E-state index in [1.165, 1.54) is 32.1 Å². The van der Waals surface area contributed by atoms with Gasteiger partial charge in [-0.25, -0.2) is 0 Å². The quantitative estimate of drug-likeness (QED) is 0.893. The normalized spacial score (nSPS) is 20.1. The molecule has 2 atom stereocenters. The molecule has 0 amide bonds. The zero-order chi connectivity index (χ0) is 14.7. The Balaban J connectivity index is 2.06. The van der Waals surface area contributed by atoms with E-state index in [9.17, 15) is 5.11 Å². The third kappa shape index (κ3) is 3.43. The summed E-state index contributed by atoms with van der Waals surface area (Å²) >= 11 is 3.56. The molecule has 0 aliphatic heterocycles. The van der Waals surface area contributed by atoms with E-state index in [1.807, 2.05) is 18.7 Å². The van der Waals surface area contributed by atoms with Gasteiger partial charge in [0, 0.05) is 20.6 Å². The molecule has 114 valence electrons. The number of ether oxygens (including phenoxy) is 1. The minimum Gasteiger partial charge on any atom is -0.390 e. The average Bonchev–Trinajstić information content (AvgIpc) is 2.67. The lowest BCUT2D eigenvalue weighted by Crippen LogP contribution is -2.38. The van der Waals surface area contributed by atoms with Gasteiger partial charge in [0.15, 0.2) is 0 Å². The SMILES string of the molecule is COC(C(O)Cc1c(Br)c(C)nn1C)C1CCCCC1. The van der Waals surface area contributed by atoms with E-state index in [0.717, 1.165) is 15.9 Å². The van der Waals surface area contributed by atoms with Crippen molar-refractivity contribution in [2.45, 2.75) is 57.7 Å². The van der Waals surface area contributed by atoms with E-state index in [1.54, 1.807) is 7.11 Å². The number of nitrogens with zero attached hydrogens (tertiary/aromatic N) is 2. The Morgan fingerprint density at radius 3 is 2.55 bits per heavy atom. The van der Waals surface area contributed by atoms with E-state index in [0.29, 0.717) is 12.3 Å². The second kappa shape index (κ2) is 7.05. The molecule has 1 aliphatic carbocycles. The van der Waals surface area contributed by atoms with Crippen molar-refractivity contribution in [3.05, 3.63) is 15.9 Å². The Bertz CT molecular complexity index is 441. The van der Waals surface area contributed by atoms with Crippen LogP contribution < -0.4 is 0 Å². The number of halogens is 1. The summed E-state index contributed by atoms with van der Waals surface area (Å²) in [6, 6.07) is 0. The first kappa shape index (κ1) is 16.0. The Labute approximate surface area is 129 Å². The van der Waals surface area contributed by atoms with Crippen molar-refractivity contribution in [3.8, 4) is 0 Å². The van der Waals surface area contributed by atoms with E-state index in [2.05, 4.69) is 21.0 Å². The summed E-state index contributed by atoms with van der Waals surface area (Å²) in [5, 5.41) is 15.0. The predicted octanol–water partition coefficient (Wildman–Crippen LogP) is 2.99. The molecule has 1 aromatic heterocycles. The van der Waals surface area contributed by atoms with Gasteiger partial charge in [-0.3, -0.25) is 4.68 Å². The molecule has 2 rings (SSSR count). The lowest BCUT2D eigenvalue weighted by Gasteiger charge is -2.32. The van der Waals surface area contributed by atoms with Crippen LogP contribution in [0.4, 0.5) is 0 Å². The van der Waals surface area contributed by atoms with Crippen LogP contribution in [-0.2, 0) is 18.2 Å². The van der Waals surface area contributed by atoms with Crippen molar-refractivity contribution >= 4 is 15.9 Å². The molecule has 1 N–H and O–H groups in total. The third-order valence-corrected chi connectivity index (χ3v) is 5.46. The van der Waals surface area contributed by atoms with Gasteiger partial charge in [0.2, 0.25) is 0 Å². The average molecular weight is 345 g/mol. The summed E-state index contributed by atoms with van der Waals surface area (Å²) in [5.74, 6) is 0.483. The summed E-state index contributed by atoms with van der Waals surface area (Å²) in [7, 11) is 3.63. The van der Waals surface area contributed by atoms with E-state index >= 15 is 0 Å². The first-order chi connectivity index (χ1) is 9.54. The Kier molecular flexibility index (Phi) is 5.64. The Morgan fingerprint density at radius 2 is 2.05 bits per heavy atom. The van der Waals surface area contributed by atoms with Crippen molar-refractivity contribution in [3.63, 3.8) is 0 Å². The first-order valence-electron chi connectivity index (χ1n) is 7.43. The number of aliphatic hydroxyl groups is 1. The number of aliphatic hydroxyl groups excluding tert-OH is 1. The predicted molar refractivity (Wildman–Crippen MR) is 82.7 cm³/mol. The highest BCUT2D eigenvalue weighted by Crippen LogP contribution is 2.31. The van der Waals surface area contributed by atoms with Crippen LogP contribution in [0, 0.1) is 12.8 Å². The van der Waals surface area contributed by atoms with Gasteiger partial charge in [-0.05, 0) is 41.6 Å². The van der Waals surface area contributed by atoms with Crippen molar-refractivity contribution < 1.29 is 9.84 Å². The van der Waals surface area contributed by atoms with E-state index in [4.69, 9.17) is 4.74 Å². The number of aryl methyl sites for hydroxylation is 2. The summed E-state index contributed by atoms with van der Waals surface area (Å²) in [6.07, 6.45) is 6.19. The number of methoxy groups -OCH3 is 1. The van der Waals surface area contributed by atoms with Crippen molar-refractivity contribution in [1.29, 1.82) is 0 Å². The molecular formula is C15H25BrN2O2. The van der Waals surface area contributed by atoms with Gasteiger partial charge >= 0.3 is 0 Å². The molecule has 2 unspecified atom stereocenters.